The molecule has 4 aromatic heterocycles. The lowest BCUT2D eigenvalue weighted by Crippen LogP contribution is -2.50. The van der Waals surface area contributed by atoms with Gasteiger partial charge in [0.1, 0.15) is 23.6 Å². The molecular weight excluding hydrogens is 586 g/mol. The van der Waals surface area contributed by atoms with Crippen LogP contribution in [0.4, 0.5) is 14.5 Å². The van der Waals surface area contributed by atoms with E-state index in [9.17, 15) is 13.6 Å². The van der Waals surface area contributed by atoms with Crippen molar-refractivity contribution in [2.45, 2.75) is 19.2 Å². The molecule has 43 heavy (non-hydrogen) atoms. The van der Waals surface area contributed by atoms with Crippen LogP contribution in [0.1, 0.15) is 22.2 Å². The Morgan fingerprint density at radius 3 is 2.88 bits per heavy atom. The number of tetrazole rings is 1. The van der Waals surface area contributed by atoms with Crippen molar-refractivity contribution in [2.24, 2.45) is 0 Å². The molecule has 0 saturated carbocycles. The highest BCUT2D eigenvalue weighted by Crippen LogP contribution is 2.37. The van der Waals surface area contributed by atoms with E-state index < -0.39 is 12.5 Å². The molecule has 0 aliphatic carbocycles. The molecule has 224 valence electrons. The van der Waals surface area contributed by atoms with Crippen molar-refractivity contribution in [3.63, 3.8) is 0 Å². The number of fused-ring (bicyclic) bond motifs is 1. The predicted octanol–water partition coefficient (Wildman–Crippen LogP) is 2.55. The van der Waals surface area contributed by atoms with Crippen LogP contribution in [0, 0.1) is 0 Å². The minimum absolute atomic E-state index is 0.101. The molecular formula is C26H27ClF2N12O2. The van der Waals surface area contributed by atoms with Crippen molar-refractivity contribution in [1.82, 2.24) is 54.4 Å². The van der Waals surface area contributed by atoms with Gasteiger partial charge in [0.25, 0.3) is 5.91 Å². The highest BCUT2D eigenvalue weighted by molar-refractivity contribution is 6.31. The molecule has 0 atom stereocenters. The molecule has 5 aromatic rings. The third kappa shape index (κ3) is 6.30. The van der Waals surface area contributed by atoms with E-state index in [1.165, 1.54) is 33.6 Å². The first-order valence-corrected chi connectivity index (χ1v) is 13.7. The second-order valence-electron chi connectivity index (χ2n) is 10.3. The zero-order valence-corrected chi connectivity index (χ0v) is 23.9. The highest BCUT2D eigenvalue weighted by atomic mass is 35.5. The Balaban J connectivity index is 1.27. The average molecular weight is 613 g/mol. The van der Waals surface area contributed by atoms with Gasteiger partial charge in [-0.15, -0.1) is 10.2 Å². The first kappa shape index (κ1) is 28.6. The maximum absolute atomic E-state index is 13.3. The Bertz CT molecular complexity index is 1750. The molecule has 0 radical (unpaired) electrons. The fourth-order valence-electron chi connectivity index (χ4n) is 4.69. The Labute approximate surface area is 248 Å². The molecule has 0 bridgehead atoms. The van der Waals surface area contributed by atoms with Gasteiger partial charge >= 0.3 is 6.61 Å². The quantitative estimate of drug-likeness (QED) is 0.237. The number of alkyl halides is 2. The number of amides is 1. The third-order valence-corrected chi connectivity index (χ3v) is 7.08. The molecule has 1 amide bonds. The Kier molecular flexibility index (Phi) is 7.96. The summed E-state index contributed by atoms with van der Waals surface area (Å²) in [6, 6.07) is 5.98. The van der Waals surface area contributed by atoms with Crippen molar-refractivity contribution >= 4 is 28.8 Å². The molecule has 1 aliphatic heterocycles. The summed E-state index contributed by atoms with van der Waals surface area (Å²) in [6.45, 7) is 0.589. The van der Waals surface area contributed by atoms with E-state index >= 15 is 0 Å². The van der Waals surface area contributed by atoms with Gasteiger partial charge in [-0.25, -0.2) is 9.50 Å². The first-order chi connectivity index (χ1) is 20.7. The number of nitrogens with one attached hydrogen (secondary N) is 1. The number of carbonyl (C=O) groups is 1. The summed E-state index contributed by atoms with van der Waals surface area (Å²) in [5.41, 5.74) is 1.07. The fourth-order valence-corrected chi connectivity index (χ4v) is 4.86. The number of benzene rings is 1. The predicted molar refractivity (Wildman–Crippen MR) is 151 cm³/mol. The van der Waals surface area contributed by atoms with Gasteiger partial charge in [0.2, 0.25) is 0 Å². The summed E-state index contributed by atoms with van der Waals surface area (Å²) in [7, 11) is 4.08. The molecule has 17 heteroatoms. The molecule has 6 rings (SSSR count). The summed E-state index contributed by atoms with van der Waals surface area (Å²) in [4.78, 5) is 23.6. The summed E-state index contributed by atoms with van der Waals surface area (Å²) < 4.78 is 34.2. The molecule has 5 heterocycles. The normalized spacial score (nSPS) is 14.1. The van der Waals surface area contributed by atoms with Gasteiger partial charge in [-0.05, 0) is 43.6 Å². The number of carbonyl (C=O) groups excluding carboxylic acids is 1. The lowest BCUT2D eigenvalue weighted by Gasteiger charge is -2.38. The molecule has 14 nitrogen and oxygen atoms in total. The van der Waals surface area contributed by atoms with E-state index in [0.29, 0.717) is 11.5 Å². The van der Waals surface area contributed by atoms with E-state index in [4.69, 9.17) is 16.3 Å². The van der Waals surface area contributed by atoms with Crippen molar-refractivity contribution in [2.75, 3.05) is 45.6 Å². The van der Waals surface area contributed by atoms with Crippen LogP contribution in [0.25, 0.3) is 16.9 Å². The lowest BCUT2D eigenvalue weighted by atomic mass is 10.1. The van der Waals surface area contributed by atoms with Gasteiger partial charge in [-0.2, -0.15) is 23.8 Å². The molecule has 1 aliphatic rings. The van der Waals surface area contributed by atoms with Crippen LogP contribution in [0.3, 0.4) is 0 Å². The number of likely N-dealkylation sites (tertiary alicyclic amines) is 1. The van der Waals surface area contributed by atoms with Crippen molar-refractivity contribution in [1.29, 1.82) is 0 Å². The van der Waals surface area contributed by atoms with E-state index in [-0.39, 0.29) is 45.9 Å². The second-order valence-corrected chi connectivity index (χ2v) is 10.7. The molecule has 0 unspecified atom stereocenters. The molecule has 1 saturated heterocycles. The first-order valence-electron chi connectivity index (χ1n) is 13.3. The van der Waals surface area contributed by atoms with Gasteiger partial charge < -0.3 is 15.0 Å². The van der Waals surface area contributed by atoms with Crippen molar-refractivity contribution in [3.8, 4) is 17.0 Å². The number of anilines is 1. The SMILES string of the molecule is CN(C)CCN1CC(n2nnc(Cn3cc(NC(=O)c4cnn5cccnc45)c(-c4cc(Cl)ccc4OC(F)F)n3)n2)C1. The number of likely N-dealkylation sites (N-methyl/N-ethyl adjacent to an activating group) is 1. The third-order valence-electron chi connectivity index (χ3n) is 6.85. The number of aromatic nitrogens is 9. The van der Waals surface area contributed by atoms with Crippen LogP contribution in [-0.4, -0.2) is 107 Å². The number of ether oxygens (including phenoxy) is 1. The summed E-state index contributed by atoms with van der Waals surface area (Å²) in [5, 5.41) is 24.7. The summed E-state index contributed by atoms with van der Waals surface area (Å²) in [5.74, 6) is -0.299. The van der Waals surface area contributed by atoms with Gasteiger partial charge in [0.05, 0.1) is 17.9 Å². The molecule has 1 N–H and O–H groups in total. The van der Waals surface area contributed by atoms with Gasteiger partial charge in [0.15, 0.2) is 11.5 Å². The number of rotatable bonds is 11. The molecule has 1 aromatic carbocycles. The van der Waals surface area contributed by atoms with Crippen molar-refractivity contribution < 1.29 is 18.3 Å². The molecule has 1 fully saturated rings. The van der Waals surface area contributed by atoms with Gasteiger partial charge in [-0.3, -0.25) is 14.4 Å². The minimum Gasteiger partial charge on any atom is -0.434 e. The molecule has 0 spiro atoms. The average Bonchev–Trinajstić information content (AvgIpc) is 3.67. The Morgan fingerprint density at radius 2 is 2.09 bits per heavy atom. The standard InChI is InChI=1S/C26H27ClF2N12O2/c1-37(2)8-9-38-12-17(13-38)41-34-22(33-36-41)15-39-14-20(32-25(42)19-11-31-40-7-3-6-30-24(19)40)23(35-39)18-10-16(27)4-5-21(18)43-26(28)29/h3-7,10-11,14,17,26H,8-9,12-13,15H2,1-2H3,(H,32,42). The number of hydrogen-bond acceptors (Lipinski definition) is 10. The Morgan fingerprint density at radius 1 is 1.26 bits per heavy atom. The number of halogens is 3. The zero-order chi connectivity index (χ0) is 30.1. The van der Waals surface area contributed by atoms with Crippen LogP contribution < -0.4 is 10.1 Å². The topological polar surface area (TPSA) is 136 Å². The van der Waals surface area contributed by atoms with Crippen LogP contribution >= 0.6 is 11.6 Å². The monoisotopic (exact) mass is 612 g/mol. The number of nitrogens with zero attached hydrogens (tertiary/aromatic N) is 11. The maximum Gasteiger partial charge on any atom is 0.387 e. The fraction of sp³-hybridized carbons (Fsp3) is 0.346. The van der Waals surface area contributed by atoms with Gasteiger partial charge in [-0.1, -0.05) is 11.6 Å². The van der Waals surface area contributed by atoms with Gasteiger partial charge in [0, 0.05) is 55.4 Å². The lowest BCUT2D eigenvalue weighted by molar-refractivity contribution is -0.0494. The van der Waals surface area contributed by atoms with Crippen LogP contribution in [0.2, 0.25) is 5.02 Å². The smallest absolute Gasteiger partial charge is 0.387 e. The van der Waals surface area contributed by atoms with Crippen molar-refractivity contribution in [3.05, 3.63) is 65.5 Å². The minimum atomic E-state index is -3.09. The maximum atomic E-state index is 13.3. The van der Waals surface area contributed by atoms with E-state index in [0.717, 1.165) is 26.2 Å². The second kappa shape index (κ2) is 12.0. The Hall–Kier alpha value is -4.54. The zero-order valence-electron chi connectivity index (χ0n) is 23.2. The van der Waals surface area contributed by atoms with E-state index in [1.807, 2.05) is 14.1 Å². The summed E-state index contributed by atoms with van der Waals surface area (Å²) >= 11 is 6.22. The highest BCUT2D eigenvalue weighted by Gasteiger charge is 2.30. The van der Waals surface area contributed by atoms with Crippen LogP contribution in [0.15, 0.2) is 49.1 Å². The number of hydrogen-bond donors (Lipinski definition) is 1. The van der Waals surface area contributed by atoms with Crippen LogP contribution in [-0.2, 0) is 6.54 Å². The summed E-state index contributed by atoms with van der Waals surface area (Å²) in [6.07, 6.45) is 6.14. The van der Waals surface area contributed by atoms with Crippen LogP contribution in [0.5, 0.6) is 5.75 Å². The largest absolute Gasteiger partial charge is 0.434 e. The van der Waals surface area contributed by atoms with E-state index in [2.05, 4.69) is 45.7 Å². The van der Waals surface area contributed by atoms with E-state index in [1.54, 1.807) is 29.5 Å².